The summed E-state index contributed by atoms with van der Waals surface area (Å²) in [6.07, 6.45) is -2.48. The number of rotatable bonds is 4. The van der Waals surface area contributed by atoms with Gasteiger partial charge in [0.25, 0.3) is 0 Å². The lowest BCUT2D eigenvalue weighted by atomic mass is 10.0. The average molecular weight is 324 g/mol. The smallest absolute Gasteiger partial charge is 0.401 e. The van der Waals surface area contributed by atoms with E-state index in [0.717, 1.165) is 23.4 Å². The molecule has 3 nitrogen and oxygen atoms in total. The third-order valence-corrected chi connectivity index (χ3v) is 4.07. The highest BCUT2D eigenvalue weighted by Gasteiger charge is 2.32. The largest absolute Gasteiger partial charge is 0.464 e. The highest BCUT2D eigenvalue weighted by molar-refractivity contribution is 5.61. The molecule has 0 radical (unpaired) electrons. The van der Waals surface area contributed by atoms with Gasteiger partial charge in [-0.15, -0.1) is 0 Å². The number of furan rings is 1. The highest BCUT2D eigenvalue weighted by Crippen LogP contribution is 2.25. The number of hydrogen-bond donors (Lipinski definition) is 0. The van der Waals surface area contributed by atoms with E-state index < -0.39 is 12.7 Å². The summed E-state index contributed by atoms with van der Waals surface area (Å²) in [5.41, 5.74) is 2.17. The van der Waals surface area contributed by atoms with Crippen molar-refractivity contribution in [2.24, 2.45) is 0 Å². The Morgan fingerprint density at radius 2 is 1.61 bits per heavy atom. The summed E-state index contributed by atoms with van der Waals surface area (Å²) in [7, 11) is 0. The molecular weight excluding hydrogens is 305 g/mol. The predicted molar refractivity (Wildman–Crippen MR) is 81.9 cm³/mol. The molecule has 6 heteroatoms. The number of benzene rings is 1. The summed E-state index contributed by atoms with van der Waals surface area (Å²) in [6.45, 7) is 2.08. The second-order valence-electron chi connectivity index (χ2n) is 5.80. The van der Waals surface area contributed by atoms with Crippen LogP contribution < -0.4 is 0 Å². The van der Waals surface area contributed by atoms with Crippen LogP contribution >= 0.6 is 0 Å². The van der Waals surface area contributed by atoms with Gasteiger partial charge in [-0.1, -0.05) is 24.3 Å². The van der Waals surface area contributed by atoms with Crippen molar-refractivity contribution in [1.29, 1.82) is 0 Å². The van der Waals surface area contributed by atoms with Gasteiger partial charge in [0, 0.05) is 38.3 Å². The Balaban J connectivity index is 1.62. The van der Waals surface area contributed by atoms with Gasteiger partial charge in [-0.25, -0.2) is 0 Å². The Morgan fingerprint density at radius 3 is 2.26 bits per heavy atom. The van der Waals surface area contributed by atoms with Crippen LogP contribution in [0.4, 0.5) is 13.2 Å². The first-order chi connectivity index (χ1) is 11.0. The number of nitrogens with zero attached hydrogens (tertiary/aromatic N) is 2. The molecule has 0 saturated carbocycles. The Morgan fingerprint density at radius 1 is 0.913 bits per heavy atom. The topological polar surface area (TPSA) is 19.6 Å². The minimum atomic E-state index is -4.12. The van der Waals surface area contributed by atoms with Crippen molar-refractivity contribution >= 4 is 0 Å². The summed E-state index contributed by atoms with van der Waals surface area (Å²) < 4.78 is 42.8. The molecule has 0 aliphatic carbocycles. The molecule has 2 aromatic rings. The zero-order valence-corrected chi connectivity index (χ0v) is 12.7. The highest BCUT2D eigenvalue weighted by atomic mass is 19.4. The normalized spacial score (nSPS) is 17.5. The molecule has 124 valence electrons. The fourth-order valence-corrected chi connectivity index (χ4v) is 2.93. The third kappa shape index (κ3) is 4.36. The first kappa shape index (κ1) is 16.1. The molecular formula is C17H19F3N2O. The molecule has 1 aliphatic heterocycles. The van der Waals surface area contributed by atoms with E-state index in [-0.39, 0.29) is 0 Å². The van der Waals surface area contributed by atoms with Gasteiger partial charge in [-0.3, -0.25) is 9.80 Å². The standard InChI is InChI=1S/C17H19F3N2O/c18-17(19,20)13-22-9-7-21(8-10-22)12-14-4-1-2-5-15(14)16-6-3-11-23-16/h1-6,11H,7-10,12-13H2. The quantitative estimate of drug-likeness (QED) is 0.856. The van der Waals surface area contributed by atoms with Crippen LogP contribution in [0, 0.1) is 0 Å². The van der Waals surface area contributed by atoms with E-state index in [9.17, 15) is 13.2 Å². The van der Waals surface area contributed by atoms with E-state index in [4.69, 9.17) is 4.42 Å². The van der Waals surface area contributed by atoms with E-state index in [1.54, 1.807) is 6.26 Å². The molecule has 1 fully saturated rings. The van der Waals surface area contributed by atoms with E-state index in [2.05, 4.69) is 4.90 Å². The van der Waals surface area contributed by atoms with Gasteiger partial charge < -0.3 is 4.42 Å². The molecule has 1 aromatic heterocycles. The lowest BCUT2D eigenvalue weighted by Crippen LogP contribution is -2.48. The molecule has 2 heterocycles. The summed E-state index contributed by atoms with van der Waals surface area (Å²) in [6, 6.07) is 11.8. The maximum absolute atomic E-state index is 12.4. The Labute approximate surface area is 133 Å². The number of halogens is 3. The molecule has 3 rings (SSSR count). The van der Waals surface area contributed by atoms with Crippen molar-refractivity contribution in [3.05, 3.63) is 48.2 Å². The zero-order valence-electron chi connectivity index (χ0n) is 12.7. The number of alkyl halides is 3. The molecule has 0 bridgehead atoms. The molecule has 0 atom stereocenters. The molecule has 0 N–H and O–H groups in total. The van der Waals surface area contributed by atoms with E-state index in [1.165, 1.54) is 4.90 Å². The summed E-state index contributed by atoms with van der Waals surface area (Å²) in [4.78, 5) is 3.66. The van der Waals surface area contributed by atoms with E-state index in [1.807, 2.05) is 36.4 Å². The van der Waals surface area contributed by atoms with Crippen LogP contribution in [0.25, 0.3) is 11.3 Å². The van der Waals surface area contributed by atoms with Crippen molar-refractivity contribution in [3.8, 4) is 11.3 Å². The van der Waals surface area contributed by atoms with Crippen LogP contribution in [-0.4, -0.2) is 48.7 Å². The molecule has 0 spiro atoms. The fraction of sp³-hybridized carbons (Fsp3) is 0.412. The first-order valence-electron chi connectivity index (χ1n) is 7.64. The molecule has 1 aromatic carbocycles. The molecule has 1 saturated heterocycles. The third-order valence-electron chi connectivity index (χ3n) is 4.07. The zero-order chi connectivity index (χ0) is 16.3. The summed E-state index contributed by atoms with van der Waals surface area (Å²) in [5, 5.41) is 0. The maximum atomic E-state index is 12.4. The van der Waals surface area contributed by atoms with Crippen LogP contribution in [0.15, 0.2) is 47.1 Å². The second-order valence-corrected chi connectivity index (χ2v) is 5.80. The Bertz CT molecular complexity index is 617. The molecule has 0 amide bonds. The fourth-order valence-electron chi connectivity index (χ4n) is 2.93. The average Bonchev–Trinajstić information content (AvgIpc) is 3.02. The van der Waals surface area contributed by atoms with Crippen LogP contribution in [0.3, 0.4) is 0 Å². The molecule has 23 heavy (non-hydrogen) atoms. The van der Waals surface area contributed by atoms with Gasteiger partial charge in [-0.2, -0.15) is 13.2 Å². The van der Waals surface area contributed by atoms with Crippen LogP contribution in [0.5, 0.6) is 0 Å². The van der Waals surface area contributed by atoms with Gasteiger partial charge in [0.2, 0.25) is 0 Å². The minimum Gasteiger partial charge on any atom is -0.464 e. The molecule has 1 aliphatic rings. The van der Waals surface area contributed by atoms with Gasteiger partial charge in [-0.05, 0) is 17.7 Å². The number of hydrogen-bond acceptors (Lipinski definition) is 3. The van der Waals surface area contributed by atoms with Crippen molar-refractivity contribution < 1.29 is 17.6 Å². The van der Waals surface area contributed by atoms with Crippen molar-refractivity contribution in [2.45, 2.75) is 12.7 Å². The van der Waals surface area contributed by atoms with Gasteiger partial charge in [0.05, 0.1) is 12.8 Å². The second kappa shape index (κ2) is 6.76. The van der Waals surface area contributed by atoms with Gasteiger partial charge >= 0.3 is 6.18 Å². The van der Waals surface area contributed by atoms with Crippen molar-refractivity contribution in [2.75, 3.05) is 32.7 Å². The van der Waals surface area contributed by atoms with E-state index >= 15 is 0 Å². The first-order valence-corrected chi connectivity index (χ1v) is 7.64. The predicted octanol–water partition coefficient (Wildman–Crippen LogP) is 3.63. The number of piperazine rings is 1. The van der Waals surface area contributed by atoms with Gasteiger partial charge in [0.15, 0.2) is 0 Å². The summed E-state index contributed by atoms with van der Waals surface area (Å²) >= 11 is 0. The lowest BCUT2D eigenvalue weighted by Gasteiger charge is -2.35. The Hall–Kier alpha value is -1.79. The van der Waals surface area contributed by atoms with Gasteiger partial charge in [0.1, 0.15) is 5.76 Å². The van der Waals surface area contributed by atoms with Crippen LogP contribution in [-0.2, 0) is 6.54 Å². The SMILES string of the molecule is FC(F)(F)CN1CCN(Cc2ccccc2-c2ccco2)CC1. The van der Waals surface area contributed by atoms with E-state index in [0.29, 0.717) is 26.2 Å². The van der Waals surface area contributed by atoms with Crippen molar-refractivity contribution in [3.63, 3.8) is 0 Å². The maximum Gasteiger partial charge on any atom is 0.401 e. The van der Waals surface area contributed by atoms with Crippen LogP contribution in [0.2, 0.25) is 0 Å². The lowest BCUT2D eigenvalue weighted by molar-refractivity contribution is -0.149. The van der Waals surface area contributed by atoms with Crippen molar-refractivity contribution in [1.82, 2.24) is 9.80 Å². The molecule has 0 unspecified atom stereocenters. The van der Waals surface area contributed by atoms with Crippen LogP contribution in [0.1, 0.15) is 5.56 Å². The monoisotopic (exact) mass is 324 g/mol. The summed E-state index contributed by atoms with van der Waals surface area (Å²) in [5.74, 6) is 0.816. The minimum absolute atomic E-state index is 0.447. The Kier molecular flexibility index (Phi) is 4.73.